The van der Waals surface area contributed by atoms with Crippen LogP contribution in [0.15, 0.2) is 12.3 Å². The van der Waals surface area contributed by atoms with Crippen LogP contribution in [0, 0.1) is 0 Å². The van der Waals surface area contributed by atoms with Crippen molar-refractivity contribution in [3.63, 3.8) is 0 Å². The van der Waals surface area contributed by atoms with E-state index in [9.17, 15) is 4.79 Å². The van der Waals surface area contributed by atoms with Crippen LogP contribution in [0.1, 0.15) is 32.6 Å². The first-order valence-electron chi connectivity index (χ1n) is 4.76. The number of allylic oxidation sites excluding steroid dienone is 1. The average molecular weight is 167 g/mol. The summed E-state index contributed by atoms with van der Waals surface area (Å²) >= 11 is 0. The zero-order valence-electron chi connectivity index (χ0n) is 7.70. The summed E-state index contributed by atoms with van der Waals surface area (Å²) in [5.41, 5.74) is 0. The number of hydrogen-bond donors (Lipinski definition) is 0. The molecule has 1 heterocycles. The van der Waals surface area contributed by atoms with E-state index in [2.05, 4.69) is 11.8 Å². The lowest BCUT2D eigenvalue weighted by Gasteiger charge is -2.34. The maximum Gasteiger partial charge on any atom is 0.144 e. The summed E-state index contributed by atoms with van der Waals surface area (Å²) in [7, 11) is 0. The van der Waals surface area contributed by atoms with E-state index in [0.29, 0.717) is 6.04 Å². The third-order valence-electron chi connectivity index (χ3n) is 2.50. The Hall–Kier alpha value is -0.790. The summed E-state index contributed by atoms with van der Waals surface area (Å²) in [5, 5.41) is 0. The lowest BCUT2D eigenvalue weighted by molar-refractivity contribution is -0.104. The van der Waals surface area contributed by atoms with Gasteiger partial charge in [0.25, 0.3) is 0 Å². The first-order valence-corrected chi connectivity index (χ1v) is 4.76. The van der Waals surface area contributed by atoms with E-state index >= 15 is 0 Å². The molecule has 1 saturated heterocycles. The molecule has 0 radical (unpaired) electrons. The highest BCUT2D eigenvalue weighted by atomic mass is 16.1. The van der Waals surface area contributed by atoms with Crippen molar-refractivity contribution < 1.29 is 4.79 Å². The van der Waals surface area contributed by atoms with E-state index in [4.69, 9.17) is 0 Å². The van der Waals surface area contributed by atoms with Crippen molar-refractivity contribution in [3.05, 3.63) is 12.3 Å². The summed E-state index contributed by atoms with van der Waals surface area (Å²) in [6.45, 7) is 3.32. The molecule has 1 aliphatic heterocycles. The van der Waals surface area contributed by atoms with Gasteiger partial charge in [0.2, 0.25) is 0 Å². The summed E-state index contributed by atoms with van der Waals surface area (Å²) in [4.78, 5) is 12.4. The molecule has 0 aromatic carbocycles. The Balaban J connectivity index is 2.46. The highest BCUT2D eigenvalue weighted by molar-refractivity contribution is 5.64. The van der Waals surface area contributed by atoms with Gasteiger partial charge in [-0.1, -0.05) is 6.92 Å². The van der Waals surface area contributed by atoms with Crippen molar-refractivity contribution >= 4 is 6.29 Å². The molecule has 0 unspecified atom stereocenters. The predicted octanol–water partition coefficient (Wildman–Crippen LogP) is 1.96. The van der Waals surface area contributed by atoms with Crippen LogP contribution < -0.4 is 0 Å². The molecule has 0 amide bonds. The van der Waals surface area contributed by atoms with Crippen LogP contribution in [-0.4, -0.2) is 23.8 Å². The second-order valence-electron chi connectivity index (χ2n) is 3.27. The number of likely N-dealkylation sites (tertiary alicyclic amines) is 1. The van der Waals surface area contributed by atoms with Crippen LogP contribution >= 0.6 is 0 Å². The van der Waals surface area contributed by atoms with Gasteiger partial charge in [-0.05, 0) is 31.8 Å². The van der Waals surface area contributed by atoms with Gasteiger partial charge in [0.15, 0.2) is 0 Å². The fraction of sp³-hybridized carbons (Fsp3) is 0.700. The molecule has 0 saturated carbocycles. The summed E-state index contributed by atoms with van der Waals surface area (Å²) in [6, 6.07) is 0.662. The fourth-order valence-corrected chi connectivity index (χ4v) is 1.80. The normalized spacial score (nSPS) is 24.8. The average Bonchev–Trinajstić information content (AvgIpc) is 2.15. The first-order chi connectivity index (χ1) is 5.88. The van der Waals surface area contributed by atoms with Crippen molar-refractivity contribution in [2.75, 3.05) is 6.54 Å². The van der Waals surface area contributed by atoms with Crippen LogP contribution in [-0.2, 0) is 4.79 Å². The summed E-state index contributed by atoms with van der Waals surface area (Å²) in [5.74, 6) is 0. The third-order valence-corrected chi connectivity index (χ3v) is 2.50. The van der Waals surface area contributed by atoms with Crippen LogP contribution in [0.2, 0.25) is 0 Å². The van der Waals surface area contributed by atoms with Crippen LogP contribution in [0.25, 0.3) is 0 Å². The van der Waals surface area contributed by atoms with Crippen molar-refractivity contribution in [1.29, 1.82) is 0 Å². The molecule has 0 N–H and O–H groups in total. The topological polar surface area (TPSA) is 20.3 Å². The minimum absolute atomic E-state index is 0.662. The molecular weight excluding hydrogens is 150 g/mol. The van der Waals surface area contributed by atoms with Crippen molar-refractivity contribution in [2.24, 2.45) is 0 Å². The zero-order chi connectivity index (χ0) is 8.81. The van der Waals surface area contributed by atoms with E-state index in [-0.39, 0.29) is 0 Å². The van der Waals surface area contributed by atoms with E-state index in [1.54, 1.807) is 6.08 Å². The molecule has 0 aromatic heterocycles. The van der Waals surface area contributed by atoms with Gasteiger partial charge in [-0.25, -0.2) is 0 Å². The van der Waals surface area contributed by atoms with Crippen molar-refractivity contribution in [2.45, 2.75) is 38.6 Å². The molecule has 1 rings (SSSR count). The first kappa shape index (κ1) is 9.30. The van der Waals surface area contributed by atoms with Gasteiger partial charge < -0.3 is 4.90 Å². The van der Waals surface area contributed by atoms with E-state index in [0.717, 1.165) is 12.8 Å². The minimum Gasteiger partial charge on any atom is -0.374 e. The number of aldehydes is 1. The Morgan fingerprint density at radius 2 is 2.33 bits per heavy atom. The van der Waals surface area contributed by atoms with E-state index in [1.807, 2.05) is 6.20 Å². The van der Waals surface area contributed by atoms with Gasteiger partial charge in [0.05, 0.1) is 0 Å². The minimum atomic E-state index is 0.662. The second kappa shape index (κ2) is 4.96. The largest absolute Gasteiger partial charge is 0.374 e. The van der Waals surface area contributed by atoms with Gasteiger partial charge in [0, 0.05) is 18.8 Å². The maximum absolute atomic E-state index is 10.1. The van der Waals surface area contributed by atoms with E-state index in [1.165, 1.54) is 25.7 Å². The molecule has 1 fully saturated rings. The smallest absolute Gasteiger partial charge is 0.144 e. The number of carbonyl (C=O) groups is 1. The van der Waals surface area contributed by atoms with Gasteiger partial charge in [-0.15, -0.1) is 0 Å². The monoisotopic (exact) mass is 167 g/mol. The van der Waals surface area contributed by atoms with Gasteiger partial charge in [-0.2, -0.15) is 0 Å². The highest BCUT2D eigenvalue weighted by Gasteiger charge is 2.16. The summed E-state index contributed by atoms with van der Waals surface area (Å²) < 4.78 is 0. The molecule has 0 aliphatic carbocycles. The quantitative estimate of drug-likeness (QED) is 0.473. The number of nitrogens with zero attached hydrogens (tertiary/aromatic N) is 1. The van der Waals surface area contributed by atoms with Crippen LogP contribution in [0.3, 0.4) is 0 Å². The third kappa shape index (κ3) is 2.36. The SMILES string of the molecule is CC[C@@H]1CCCCN1C=CC=O. The van der Waals surface area contributed by atoms with Gasteiger partial charge >= 0.3 is 0 Å². The Morgan fingerprint density at radius 1 is 1.50 bits per heavy atom. The molecule has 68 valence electrons. The lowest BCUT2D eigenvalue weighted by Crippen LogP contribution is -2.34. The number of piperidine rings is 1. The van der Waals surface area contributed by atoms with Crippen molar-refractivity contribution in [3.8, 4) is 0 Å². The number of carbonyl (C=O) groups excluding carboxylic acids is 1. The Labute approximate surface area is 74.2 Å². The molecule has 1 aliphatic rings. The Morgan fingerprint density at radius 3 is 3.00 bits per heavy atom. The molecule has 0 aromatic rings. The van der Waals surface area contributed by atoms with E-state index < -0.39 is 0 Å². The molecule has 0 bridgehead atoms. The Kier molecular flexibility index (Phi) is 3.85. The van der Waals surface area contributed by atoms with Gasteiger partial charge in [-0.3, -0.25) is 4.79 Å². The highest BCUT2D eigenvalue weighted by Crippen LogP contribution is 2.19. The maximum atomic E-state index is 10.1. The Bertz CT molecular complexity index is 165. The number of rotatable bonds is 3. The molecular formula is C10H17NO. The standard InChI is InChI=1S/C10H17NO/c1-2-10-6-3-4-7-11(10)8-5-9-12/h5,8-10H,2-4,6-7H2,1H3/t10-/m1/s1. The fourth-order valence-electron chi connectivity index (χ4n) is 1.80. The molecule has 12 heavy (non-hydrogen) atoms. The predicted molar refractivity (Wildman–Crippen MR) is 49.8 cm³/mol. The number of hydrogen-bond acceptors (Lipinski definition) is 2. The molecule has 0 spiro atoms. The summed E-state index contributed by atoms with van der Waals surface area (Å²) in [6.07, 6.45) is 9.43. The molecule has 2 nitrogen and oxygen atoms in total. The van der Waals surface area contributed by atoms with Gasteiger partial charge in [0.1, 0.15) is 6.29 Å². The molecule has 2 heteroatoms. The second-order valence-corrected chi connectivity index (χ2v) is 3.27. The van der Waals surface area contributed by atoms with Crippen molar-refractivity contribution in [1.82, 2.24) is 4.90 Å². The van der Waals surface area contributed by atoms with Crippen LogP contribution in [0.4, 0.5) is 0 Å². The zero-order valence-corrected chi connectivity index (χ0v) is 7.70. The lowest BCUT2D eigenvalue weighted by atomic mass is 10.0. The molecule has 1 atom stereocenters. The van der Waals surface area contributed by atoms with Crippen LogP contribution in [0.5, 0.6) is 0 Å².